The SMILES string of the molecule is Cc1cc2nc(C)c(=O)n(CCC(=O)NCc3ccc(Cl)cc3)c2cc1C. The van der Waals surface area contributed by atoms with Gasteiger partial charge >= 0.3 is 0 Å². The fraction of sp³-hybridized carbons (Fsp3) is 0.286. The van der Waals surface area contributed by atoms with Crippen LogP contribution in [0.25, 0.3) is 11.0 Å². The van der Waals surface area contributed by atoms with E-state index >= 15 is 0 Å². The molecule has 0 atom stereocenters. The van der Waals surface area contributed by atoms with Gasteiger partial charge in [-0.3, -0.25) is 9.59 Å². The van der Waals surface area contributed by atoms with Crippen molar-refractivity contribution in [3.8, 4) is 0 Å². The Bertz CT molecular complexity index is 1060. The maximum Gasteiger partial charge on any atom is 0.272 e. The molecule has 0 unspecified atom stereocenters. The number of carbonyl (C=O) groups excluding carboxylic acids is 1. The molecule has 0 saturated heterocycles. The molecule has 140 valence electrons. The summed E-state index contributed by atoms with van der Waals surface area (Å²) in [5.41, 5.74) is 5.01. The van der Waals surface area contributed by atoms with Crippen LogP contribution >= 0.6 is 11.6 Å². The molecule has 0 saturated carbocycles. The summed E-state index contributed by atoms with van der Waals surface area (Å²) < 4.78 is 1.64. The first-order valence-corrected chi connectivity index (χ1v) is 9.22. The Labute approximate surface area is 163 Å². The fourth-order valence-corrected chi connectivity index (χ4v) is 3.08. The number of rotatable bonds is 5. The number of aromatic nitrogens is 2. The summed E-state index contributed by atoms with van der Waals surface area (Å²) in [6.45, 7) is 6.47. The first-order chi connectivity index (χ1) is 12.8. The second-order valence-electron chi connectivity index (χ2n) is 6.73. The molecule has 1 aromatic heterocycles. The minimum absolute atomic E-state index is 0.108. The maximum atomic E-state index is 12.6. The molecule has 1 heterocycles. The third-order valence-corrected chi connectivity index (χ3v) is 4.94. The Hall–Kier alpha value is -2.66. The third kappa shape index (κ3) is 4.37. The predicted octanol–water partition coefficient (Wildman–Crippen LogP) is 3.68. The average molecular weight is 384 g/mol. The zero-order chi connectivity index (χ0) is 19.6. The van der Waals surface area contributed by atoms with Gasteiger partial charge in [-0.1, -0.05) is 23.7 Å². The smallest absolute Gasteiger partial charge is 0.272 e. The molecule has 1 amide bonds. The van der Waals surface area contributed by atoms with Crippen molar-refractivity contribution in [2.24, 2.45) is 0 Å². The van der Waals surface area contributed by atoms with E-state index < -0.39 is 0 Å². The van der Waals surface area contributed by atoms with Crippen LogP contribution in [0.1, 0.15) is 28.8 Å². The van der Waals surface area contributed by atoms with Crippen LogP contribution in [0.4, 0.5) is 0 Å². The summed E-state index contributed by atoms with van der Waals surface area (Å²) in [5, 5.41) is 3.54. The summed E-state index contributed by atoms with van der Waals surface area (Å²) in [7, 11) is 0. The molecule has 6 heteroatoms. The lowest BCUT2D eigenvalue weighted by Crippen LogP contribution is -2.29. The summed E-state index contributed by atoms with van der Waals surface area (Å²) in [4.78, 5) is 29.2. The highest BCUT2D eigenvalue weighted by Crippen LogP contribution is 2.17. The van der Waals surface area contributed by atoms with Crippen LogP contribution in [-0.4, -0.2) is 15.5 Å². The Kier molecular flexibility index (Phi) is 5.61. The van der Waals surface area contributed by atoms with E-state index in [9.17, 15) is 9.59 Å². The number of amides is 1. The number of halogens is 1. The highest BCUT2D eigenvalue weighted by molar-refractivity contribution is 6.30. The Morgan fingerprint density at radius 1 is 1.11 bits per heavy atom. The molecule has 0 bridgehead atoms. The first-order valence-electron chi connectivity index (χ1n) is 8.84. The Morgan fingerprint density at radius 2 is 1.78 bits per heavy atom. The van der Waals surface area contributed by atoms with E-state index in [-0.39, 0.29) is 17.9 Å². The quantitative estimate of drug-likeness (QED) is 0.730. The summed E-state index contributed by atoms with van der Waals surface area (Å²) in [6, 6.07) is 11.3. The molecule has 3 aromatic rings. The number of nitrogens with one attached hydrogen (secondary N) is 1. The van der Waals surface area contributed by atoms with Crippen LogP contribution in [0.2, 0.25) is 5.02 Å². The molecule has 1 N–H and O–H groups in total. The highest BCUT2D eigenvalue weighted by atomic mass is 35.5. The van der Waals surface area contributed by atoms with Crippen molar-refractivity contribution in [3.05, 3.63) is 74.2 Å². The number of hydrogen-bond acceptors (Lipinski definition) is 3. The Morgan fingerprint density at radius 3 is 2.48 bits per heavy atom. The van der Waals surface area contributed by atoms with E-state index in [4.69, 9.17) is 11.6 Å². The van der Waals surface area contributed by atoms with E-state index in [0.717, 1.165) is 27.7 Å². The van der Waals surface area contributed by atoms with Gasteiger partial charge in [0.2, 0.25) is 5.91 Å². The van der Waals surface area contributed by atoms with Crippen molar-refractivity contribution in [2.75, 3.05) is 0 Å². The Balaban J connectivity index is 1.75. The van der Waals surface area contributed by atoms with Gasteiger partial charge < -0.3 is 9.88 Å². The summed E-state index contributed by atoms with van der Waals surface area (Å²) in [6.07, 6.45) is 0.221. The molecule has 0 aliphatic heterocycles. The van der Waals surface area contributed by atoms with Gasteiger partial charge in [0.15, 0.2) is 0 Å². The molecular weight excluding hydrogens is 362 g/mol. The largest absolute Gasteiger partial charge is 0.352 e. The molecule has 27 heavy (non-hydrogen) atoms. The van der Waals surface area contributed by atoms with Crippen LogP contribution < -0.4 is 10.9 Å². The second kappa shape index (κ2) is 7.92. The van der Waals surface area contributed by atoms with Gasteiger partial charge in [0.1, 0.15) is 5.69 Å². The van der Waals surface area contributed by atoms with Crippen LogP contribution in [-0.2, 0) is 17.9 Å². The number of nitrogens with zero attached hydrogens (tertiary/aromatic N) is 2. The van der Waals surface area contributed by atoms with Crippen molar-refractivity contribution in [2.45, 2.75) is 40.3 Å². The van der Waals surface area contributed by atoms with E-state index in [0.29, 0.717) is 23.8 Å². The molecular formula is C21H22ClN3O2. The molecule has 5 nitrogen and oxygen atoms in total. The zero-order valence-electron chi connectivity index (χ0n) is 15.7. The van der Waals surface area contributed by atoms with Crippen molar-refractivity contribution in [1.82, 2.24) is 14.9 Å². The number of fused-ring (bicyclic) bond motifs is 1. The van der Waals surface area contributed by atoms with Crippen LogP contribution in [0, 0.1) is 20.8 Å². The molecule has 3 rings (SSSR count). The lowest BCUT2D eigenvalue weighted by molar-refractivity contribution is -0.121. The van der Waals surface area contributed by atoms with E-state index in [2.05, 4.69) is 10.3 Å². The lowest BCUT2D eigenvalue weighted by atomic mass is 10.1. The van der Waals surface area contributed by atoms with E-state index in [1.165, 1.54) is 0 Å². The molecule has 2 aromatic carbocycles. The molecule has 0 aliphatic rings. The van der Waals surface area contributed by atoms with Gasteiger partial charge in [-0.15, -0.1) is 0 Å². The normalized spacial score (nSPS) is 11.0. The van der Waals surface area contributed by atoms with Gasteiger partial charge in [0.05, 0.1) is 11.0 Å². The van der Waals surface area contributed by atoms with Gasteiger partial charge in [0, 0.05) is 24.5 Å². The van der Waals surface area contributed by atoms with Crippen molar-refractivity contribution < 1.29 is 4.79 Å². The number of aryl methyl sites for hydroxylation is 4. The van der Waals surface area contributed by atoms with Crippen molar-refractivity contribution >= 4 is 28.5 Å². The second-order valence-corrected chi connectivity index (χ2v) is 7.17. The highest BCUT2D eigenvalue weighted by Gasteiger charge is 2.11. The molecule has 0 radical (unpaired) electrons. The molecule has 0 fully saturated rings. The standard InChI is InChI=1S/C21H22ClN3O2/c1-13-10-18-19(11-14(13)2)25(21(27)15(3)24-18)9-8-20(26)23-12-16-4-6-17(22)7-5-16/h4-7,10-11H,8-9,12H2,1-3H3,(H,23,26). The summed E-state index contributed by atoms with van der Waals surface area (Å²) >= 11 is 5.86. The van der Waals surface area contributed by atoms with Gasteiger partial charge in [-0.25, -0.2) is 4.98 Å². The number of hydrogen-bond donors (Lipinski definition) is 1. The number of benzene rings is 2. The fourth-order valence-electron chi connectivity index (χ4n) is 2.95. The van der Waals surface area contributed by atoms with Crippen LogP contribution in [0.15, 0.2) is 41.2 Å². The minimum Gasteiger partial charge on any atom is -0.352 e. The maximum absolute atomic E-state index is 12.6. The summed E-state index contributed by atoms with van der Waals surface area (Å²) in [5.74, 6) is -0.108. The van der Waals surface area contributed by atoms with Crippen LogP contribution in [0.3, 0.4) is 0 Å². The van der Waals surface area contributed by atoms with Crippen molar-refractivity contribution in [3.63, 3.8) is 0 Å². The number of carbonyl (C=O) groups is 1. The topological polar surface area (TPSA) is 64.0 Å². The average Bonchev–Trinajstić information content (AvgIpc) is 2.63. The van der Waals surface area contributed by atoms with Gasteiger partial charge in [-0.05, 0) is 61.7 Å². The monoisotopic (exact) mass is 383 g/mol. The minimum atomic E-state index is -0.156. The molecule has 0 spiro atoms. The third-order valence-electron chi connectivity index (χ3n) is 4.69. The zero-order valence-corrected chi connectivity index (χ0v) is 16.4. The molecule has 0 aliphatic carbocycles. The van der Waals surface area contributed by atoms with Gasteiger partial charge in [0.25, 0.3) is 5.56 Å². The van der Waals surface area contributed by atoms with Gasteiger partial charge in [-0.2, -0.15) is 0 Å². The predicted molar refractivity (Wildman–Crippen MR) is 108 cm³/mol. The van der Waals surface area contributed by atoms with E-state index in [1.54, 1.807) is 23.6 Å². The lowest BCUT2D eigenvalue weighted by Gasteiger charge is -2.13. The van der Waals surface area contributed by atoms with Crippen LogP contribution in [0.5, 0.6) is 0 Å². The van der Waals surface area contributed by atoms with E-state index in [1.807, 2.05) is 38.1 Å². The van der Waals surface area contributed by atoms with Crippen molar-refractivity contribution in [1.29, 1.82) is 0 Å². The first kappa shape index (κ1) is 19.1.